The number of esters is 1. The summed E-state index contributed by atoms with van der Waals surface area (Å²) < 4.78 is 15.9. The number of nitrogens with zero attached hydrogens (tertiary/aromatic N) is 1. The number of carbonyl (C=O) groups is 1. The second-order valence-corrected chi connectivity index (χ2v) is 4.73. The summed E-state index contributed by atoms with van der Waals surface area (Å²) in [6.45, 7) is 0.200. The molecule has 3 rings (SSSR count). The Hall–Kier alpha value is -2.82. The number of para-hydroxylation sites is 1. The highest BCUT2D eigenvalue weighted by Crippen LogP contribution is 2.23. The molecule has 0 saturated carbocycles. The third-order valence-corrected chi connectivity index (χ3v) is 3.18. The predicted octanol–water partition coefficient (Wildman–Crippen LogP) is 2.80. The van der Waals surface area contributed by atoms with Gasteiger partial charge >= 0.3 is 5.97 Å². The Bertz CT molecular complexity index is 697. The minimum atomic E-state index is -0.598. The zero-order chi connectivity index (χ0) is 15.4. The lowest BCUT2D eigenvalue weighted by molar-refractivity contribution is -0.142. The molecular formula is C17H15NO4. The Labute approximate surface area is 128 Å². The molecule has 5 nitrogen and oxygen atoms in total. The van der Waals surface area contributed by atoms with Crippen LogP contribution >= 0.6 is 0 Å². The summed E-state index contributed by atoms with van der Waals surface area (Å²) in [4.78, 5) is 15.7. The van der Waals surface area contributed by atoms with Crippen LogP contribution in [0.1, 0.15) is 5.56 Å². The summed E-state index contributed by atoms with van der Waals surface area (Å²) in [6.07, 6.45) is 0. The van der Waals surface area contributed by atoms with E-state index < -0.39 is 12.0 Å². The van der Waals surface area contributed by atoms with Crippen molar-refractivity contribution in [3.8, 4) is 11.5 Å². The molecule has 1 heterocycles. The number of ether oxygens (including phenoxy) is 3. The lowest BCUT2D eigenvalue weighted by atomic mass is 10.2. The van der Waals surface area contributed by atoms with E-state index in [2.05, 4.69) is 9.73 Å². The van der Waals surface area contributed by atoms with Gasteiger partial charge in [0, 0.05) is 5.56 Å². The summed E-state index contributed by atoms with van der Waals surface area (Å²) in [5, 5.41) is 0. The fraction of sp³-hybridized carbons (Fsp3) is 0.176. The van der Waals surface area contributed by atoms with Crippen molar-refractivity contribution in [3.63, 3.8) is 0 Å². The monoisotopic (exact) mass is 297 g/mol. The van der Waals surface area contributed by atoms with Gasteiger partial charge in [-0.1, -0.05) is 24.3 Å². The zero-order valence-electron chi connectivity index (χ0n) is 12.1. The van der Waals surface area contributed by atoms with Gasteiger partial charge in [-0.2, -0.15) is 0 Å². The molecule has 0 amide bonds. The highest BCUT2D eigenvalue weighted by Gasteiger charge is 2.27. The zero-order valence-corrected chi connectivity index (χ0v) is 12.1. The van der Waals surface area contributed by atoms with Gasteiger partial charge in [-0.05, 0) is 30.3 Å². The van der Waals surface area contributed by atoms with Crippen LogP contribution in [0.5, 0.6) is 11.5 Å². The molecule has 5 heteroatoms. The van der Waals surface area contributed by atoms with Crippen molar-refractivity contribution in [1.82, 2.24) is 0 Å². The molecule has 0 fully saturated rings. The number of methoxy groups -OCH3 is 1. The first-order valence-electron chi connectivity index (χ1n) is 6.88. The van der Waals surface area contributed by atoms with E-state index in [4.69, 9.17) is 9.47 Å². The van der Waals surface area contributed by atoms with Gasteiger partial charge in [-0.25, -0.2) is 9.79 Å². The first kappa shape index (κ1) is 14.1. The van der Waals surface area contributed by atoms with E-state index in [1.54, 1.807) is 0 Å². The average molecular weight is 297 g/mol. The highest BCUT2D eigenvalue weighted by atomic mass is 16.5. The maximum atomic E-state index is 11.5. The number of benzene rings is 2. The van der Waals surface area contributed by atoms with Crippen molar-refractivity contribution >= 4 is 11.9 Å². The van der Waals surface area contributed by atoms with E-state index in [-0.39, 0.29) is 6.61 Å². The van der Waals surface area contributed by atoms with E-state index in [1.165, 1.54) is 7.11 Å². The van der Waals surface area contributed by atoms with Crippen LogP contribution in [-0.2, 0) is 14.3 Å². The van der Waals surface area contributed by atoms with Crippen molar-refractivity contribution in [1.29, 1.82) is 0 Å². The number of rotatable bonds is 4. The molecule has 1 aliphatic rings. The molecule has 0 aromatic heterocycles. The molecule has 0 radical (unpaired) electrons. The van der Waals surface area contributed by atoms with Crippen LogP contribution in [0, 0.1) is 0 Å². The fourth-order valence-electron chi connectivity index (χ4n) is 2.11. The number of aliphatic imine (C=N–C) groups is 1. The van der Waals surface area contributed by atoms with Gasteiger partial charge in [0.1, 0.15) is 18.1 Å². The van der Waals surface area contributed by atoms with Crippen LogP contribution in [0.3, 0.4) is 0 Å². The van der Waals surface area contributed by atoms with Crippen molar-refractivity contribution in [2.45, 2.75) is 6.04 Å². The summed E-state index contributed by atoms with van der Waals surface area (Å²) in [5.74, 6) is 1.46. The Balaban J connectivity index is 1.79. The molecule has 2 aromatic rings. The third kappa shape index (κ3) is 3.09. The number of hydrogen-bond donors (Lipinski definition) is 0. The van der Waals surface area contributed by atoms with Gasteiger partial charge in [0.25, 0.3) is 0 Å². The van der Waals surface area contributed by atoms with Crippen molar-refractivity contribution in [3.05, 3.63) is 60.2 Å². The molecular weight excluding hydrogens is 282 g/mol. The van der Waals surface area contributed by atoms with Gasteiger partial charge in [0.05, 0.1) is 7.11 Å². The molecule has 0 aliphatic carbocycles. The van der Waals surface area contributed by atoms with Crippen molar-refractivity contribution in [2.75, 3.05) is 13.7 Å². The summed E-state index contributed by atoms with van der Waals surface area (Å²) >= 11 is 0. The summed E-state index contributed by atoms with van der Waals surface area (Å²) in [7, 11) is 1.34. The first-order chi connectivity index (χ1) is 10.8. The lowest BCUT2D eigenvalue weighted by Gasteiger charge is -2.07. The van der Waals surface area contributed by atoms with Gasteiger partial charge < -0.3 is 14.2 Å². The Morgan fingerprint density at radius 2 is 1.91 bits per heavy atom. The van der Waals surface area contributed by atoms with Crippen LogP contribution in [-0.4, -0.2) is 31.6 Å². The van der Waals surface area contributed by atoms with Crippen LogP contribution in [0.15, 0.2) is 59.6 Å². The maximum absolute atomic E-state index is 11.5. The van der Waals surface area contributed by atoms with Crippen LogP contribution < -0.4 is 4.74 Å². The topological polar surface area (TPSA) is 57.1 Å². The second-order valence-electron chi connectivity index (χ2n) is 4.73. The molecule has 22 heavy (non-hydrogen) atoms. The van der Waals surface area contributed by atoms with Crippen LogP contribution in [0.4, 0.5) is 0 Å². The number of carbonyl (C=O) groups excluding carboxylic acids is 1. The minimum absolute atomic E-state index is 0.200. The van der Waals surface area contributed by atoms with E-state index >= 15 is 0 Å². The smallest absolute Gasteiger partial charge is 0.334 e. The molecule has 0 bridgehead atoms. The van der Waals surface area contributed by atoms with E-state index in [1.807, 2.05) is 54.6 Å². The molecule has 1 unspecified atom stereocenters. The first-order valence-corrected chi connectivity index (χ1v) is 6.88. The van der Waals surface area contributed by atoms with Gasteiger partial charge in [0.15, 0.2) is 6.04 Å². The molecule has 0 N–H and O–H groups in total. The lowest BCUT2D eigenvalue weighted by Crippen LogP contribution is -2.21. The Kier molecular flexibility index (Phi) is 4.05. The summed E-state index contributed by atoms with van der Waals surface area (Å²) in [5.41, 5.74) is 0.764. The fourth-order valence-corrected chi connectivity index (χ4v) is 2.11. The quantitative estimate of drug-likeness (QED) is 0.814. The average Bonchev–Trinajstić information content (AvgIpc) is 3.05. The van der Waals surface area contributed by atoms with Crippen LogP contribution in [0.2, 0.25) is 0 Å². The normalized spacial score (nSPS) is 16.6. The molecule has 112 valence electrons. The molecule has 1 aliphatic heterocycles. The van der Waals surface area contributed by atoms with Gasteiger partial charge in [0.2, 0.25) is 5.90 Å². The Morgan fingerprint density at radius 3 is 2.68 bits per heavy atom. The molecule has 1 atom stereocenters. The van der Waals surface area contributed by atoms with Crippen LogP contribution in [0.25, 0.3) is 0 Å². The van der Waals surface area contributed by atoms with E-state index in [0.29, 0.717) is 11.6 Å². The van der Waals surface area contributed by atoms with Crippen molar-refractivity contribution < 1.29 is 19.0 Å². The van der Waals surface area contributed by atoms with Gasteiger partial charge in [-0.3, -0.25) is 0 Å². The minimum Gasteiger partial charge on any atom is -0.475 e. The predicted molar refractivity (Wildman–Crippen MR) is 81.3 cm³/mol. The largest absolute Gasteiger partial charge is 0.475 e. The van der Waals surface area contributed by atoms with Gasteiger partial charge in [-0.15, -0.1) is 0 Å². The van der Waals surface area contributed by atoms with Crippen molar-refractivity contribution in [2.24, 2.45) is 4.99 Å². The second kappa shape index (κ2) is 6.30. The maximum Gasteiger partial charge on any atom is 0.334 e. The molecule has 0 saturated heterocycles. The van der Waals surface area contributed by atoms with E-state index in [0.717, 1.165) is 11.3 Å². The molecule has 2 aromatic carbocycles. The third-order valence-electron chi connectivity index (χ3n) is 3.18. The summed E-state index contributed by atoms with van der Waals surface area (Å²) in [6, 6.07) is 16.3. The standard InChI is InChI=1S/C17H15NO4/c1-20-17(19)15-11-21-16(18-15)12-6-5-9-14(10-12)22-13-7-3-2-4-8-13/h2-10,15H,11H2,1H3. The Morgan fingerprint density at radius 1 is 1.14 bits per heavy atom. The number of hydrogen-bond acceptors (Lipinski definition) is 5. The van der Waals surface area contributed by atoms with E-state index in [9.17, 15) is 4.79 Å². The molecule has 0 spiro atoms. The SMILES string of the molecule is COC(=O)C1COC(c2cccc(Oc3ccccc3)c2)=N1. The highest BCUT2D eigenvalue weighted by molar-refractivity contribution is 5.97.